The van der Waals surface area contributed by atoms with E-state index in [1.807, 2.05) is 13.8 Å². The van der Waals surface area contributed by atoms with Crippen molar-refractivity contribution in [1.29, 1.82) is 0 Å². The maximum absolute atomic E-state index is 10.9. The molecule has 0 amide bonds. The lowest BCUT2D eigenvalue weighted by Gasteiger charge is -2.11. The second-order valence-corrected chi connectivity index (χ2v) is 4.23. The third-order valence-corrected chi connectivity index (χ3v) is 1.86. The van der Waals surface area contributed by atoms with Crippen molar-refractivity contribution >= 4 is 17.5 Å². The predicted molar refractivity (Wildman–Crippen MR) is 59.3 cm³/mol. The topological polar surface area (TPSA) is 66.7 Å². The van der Waals surface area contributed by atoms with Gasteiger partial charge in [0.15, 0.2) is 0 Å². The van der Waals surface area contributed by atoms with Gasteiger partial charge in [-0.05, 0) is 26.2 Å². The normalized spacial score (nSPS) is 14.1. The number of Topliss-reactive ketones (excluding diaryl/α,β-unsaturated/α-hetero) is 1. The zero-order chi connectivity index (χ0) is 12.0. The van der Waals surface area contributed by atoms with Crippen LogP contribution in [0.5, 0.6) is 0 Å². The Balaban J connectivity index is 4.50. The Bertz CT molecular complexity index is 269. The Morgan fingerprint density at radius 1 is 1.27 bits per heavy atom. The van der Waals surface area contributed by atoms with Gasteiger partial charge >= 0.3 is 5.97 Å². The van der Waals surface area contributed by atoms with Crippen LogP contribution in [0.2, 0.25) is 0 Å². The third kappa shape index (κ3) is 6.82. The van der Waals surface area contributed by atoms with E-state index in [2.05, 4.69) is 4.99 Å². The molecule has 0 rings (SSSR count). The zero-order valence-electron chi connectivity index (χ0n) is 9.78. The van der Waals surface area contributed by atoms with Gasteiger partial charge < -0.3 is 5.11 Å². The number of aliphatic imine (C=N–C) groups is 1. The molecule has 0 heterocycles. The van der Waals surface area contributed by atoms with Gasteiger partial charge in [0.1, 0.15) is 11.8 Å². The highest BCUT2D eigenvalue weighted by Gasteiger charge is 2.17. The number of aliphatic carboxylic acids is 1. The largest absolute Gasteiger partial charge is 0.480 e. The van der Waals surface area contributed by atoms with Crippen LogP contribution >= 0.6 is 0 Å². The Labute approximate surface area is 90.4 Å². The quantitative estimate of drug-likeness (QED) is 0.685. The van der Waals surface area contributed by atoms with Gasteiger partial charge in [0, 0.05) is 12.1 Å². The van der Waals surface area contributed by atoms with Crippen molar-refractivity contribution in [2.45, 2.75) is 46.6 Å². The minimum Gasteiger partial charge on any atom is -0.480 e. The molecule has 1 N–H and O–H groups in total. The second kappa shape index (κ2) is 6.32. The van der Waals surface area contributed by atoms with E-state index in [-0.39, 0.29) is 18.1 Å². The van der Waals surface area contributed by atoms with Crippen LogP contribution in [0.1, 0.15) is 40.5 Å². The molecule has 4 nitrogen and oxygen atoms in total. The van der Waals surface area contributed by atoms with Crippen LogP contribution in [0.4, 0.5) is 0 Å². The van der Waals surface area contributed by atoms with E-state index < -0.39 is 12.0 Å². The predicted octanol–water partition coefficient (Wildman–Crippen LogP) is 1.93. The van der Waals surface area contributed by atoms with Gasteiger partial charge in [0.2, 0.25) is 0 Å². The molecule has 0 aliphatic carbocycles. The smallest absolute Gasteiger partial charge is 0.328 e. The summed E-state index contributed by atoms with van der Waals surface area (Å²) in [6.07, 6.45) is 0.743. The average Bonchev–Trinajstić information content (AvgIpc) is 1.99. The zero-order valence-corrected chi connectivity index (χ0v) is 9.78. The molecule has 1 atom stereocenters. The van der Waals surface area contributed by atoms with Crippen LogP contribution in [-0.2, 0) is 9.59 Å². The summed E-state index contributed by atoms with van der Waals surface area (Å²) in [5.41, 5.74) is 0.593. The van der Waals surface area contributed by atoms with E-state index in [0.717, 1.165) is 0 Å². The fourth-order valence-corrected chi connectivity index (χ4v) is 1.33. The molecule has 0 saturated carbocycles. The lowest BCUT2D eigenvalue weighted by Crippen LogP contribution is -2.21. The van der Waals surface area contributed by atoms with Crippen LogP contribution in [-0.4, -0.2) is 28.6 Å². The molecule has 86 valence electrons. The van der Waals surface area contributed by atoms with Crippen LogP contribution in [0.25, 0.3) is 0 Å². The van der Waals surface area contributed by atoms with Gasteiger partial charge in [-0.2, -0.15) is 0 Å². The maximum atomic E-state index is 10.9. The summed E-state index contributed by atoms with van der Waals surface area (Å²) in [5, 5.41) is 8.91. The Morgan fingerprint density at radius 2 is 1.80 bits per heavy atom. The third-order valence-electron chi connectivity index (χ3n) is 1.86. The van der Waals surface area contributed by atoms with E-state index >= 15 is 0 Å². The van der Waals surface area contributed by atoms with E-state index in [4.69, 9.17) is 5.11 Å². The number of carbonyl (C=O) groups is 2. The minimum atomic E-state index is -0.924. The molecule has 0 fully saturated rings. The van der Waals surface area contributed by atoms with Gasteiger partial charge in [0.05, 0.1) is 0 Å². The van der Waals surface area contributed by atoms with Crippen LogP contribution in [0.15, 0.2) is 4.99 Å². The van der Waals surface area contributed by atoms with Gasteiger partial charge in [-0.25, -0.2) is 4.79 Å². The van der Waals surface area contributed by atoms with Crippen molar-refractivity contribution in [3.8, 4) is 0 Å². The summed E-state index contributed by atoms with van der Waals surface area (Å²) >= 11 is 0. The molecule has 1 unspecified atom stereocenters. The molecular weight excluding hydrogens is 194 g/mol. The Kier molecular flexibility index (Phi) is 5.82. The second-order valence-electron chi connectivity index (χ2n) is 4.23. The summed E-state index contributed by atoms with van der Waals surface area (Å²) in [5.74, 6) is -0.642. The molecule has 0 aromatic rings. The van der Waals surface area contributed by atoms with Gasteiger partial charge in [-0.3, -0.25) is 9.79 Å². The van der Waals surface area contributed by atoms with Crippen molar-refractivity contribution in [2.75, 3.05) is 0 Å². The number of ketones is 1. The highest BCUT2D eigenvalue weighted by molar-refractivity contribution is 6.00. The van der Waals surface area contributed by atoms with E-state index in [1.54, 1.807) is 6.92 Å². The molecule has 0 radical (unpaired) electrons. The number of rotatable bonds is 6. The standard InChI is InChI=1S/C11H19NO3/c1-7(2)5-10(11(14)15)12-8(3)6-9(4)13/h7,10H,5-6H2,1-4H3,(H,14,15). The first kappa shape index (κ1) is 13.8. The first-order valence-corrected chi connectivity index (χ1v) is 5.08. The molecular formula is C11H19NO3. The summed E-state index contributed by atoms with van der Waals surface area (Å²) < 4.78 is 0. The molecule has 4 heteroatoms. The SMILES string of the molecule is CC(=O)CC(C)=NC(CC(C)C)C(=O)O. The van der Waals surface area contributed by atoms with Gasteiger partial charge in [-0.15, -0.1) is 0 Å². The molecule has 0 spiro atoms. The average molecular weight is 213 g/mol. The molecule has 0 saturated heterocycles. The molecule has 0 aliphatic rings. The number of hydrogen-bond acceptors (Lipinski definition) is 3. The van der Waals surface area contributed by atoms with Crippen LogP contribution in [0, 0.1) is 5.92 Å². The number of carboxylic acids is 1. The van der Waals surface area contributed by atoms with E-state index in [1.165, 1.54) is 6.92 Å². The summed E-state index contributed by atoms with van der Waals surface area (Å²) in [4.78, 5) is 25.7. The van der Waals surface area contributed by atoms with Crippen molar-refractivity contribution in [2.24, 2.45) is 10.9 Å². The van der Waals surface area contributed by atoms with E-state index in [9.17, 15) is 9.59 Å². The molecule has 15 heavy (non-hydrogen) atoms. The number of nitrogens with zero attached hydrogens (tertiary/aromatic N) is 1. The monoisotopic (exact) mass is 213 g/mol. The van der Waals surface area contributed by atoms with Crippen molar-refractivity contribution in [1.82, 2.24) is 0 Å². The summed E-state index contributed by atoms with van der Waals surface area (Å²) in [6, 6.07) is -0.718. The molecule has 0 bridgehead atoms. The number of carboxylic acid groups (broad SMARTS) is 1. The van der Waals surface area contributed by atoms with Crippen LogP contribution < -0.4 is 0 Å². The van der Waals surface area contributed by atoms with Crippen molar-refractivity contribution in [3.05, 3.63) is 0 Å². The fraction of sp³-hybridized carbons (Fsp3) is 0.727. The minimum absolute atomic E-state index is 0.00457. The van der Waals surface area contributed by atoms with Crippen molar-refractivity contribution in [3.63, 3.8) is 0 Å². The highest BCUT2D eigenvalue weighted by atomic mass is 16.4. The summed E-state index contributed by atoms with van der Waals surface area (Å²) in [6.45, 7) is 7.06. The maximum Gasteiger partial charge on any atom is 0.328 e. The van der Waals surface area contributed by atoms with Gasteiger partial charge in [0.25, 0.3) is 0 Å². The number of carbonyl (C=O) groups excluding carboxylic acids is 1. The number of hydrogen-bond donors (Lipinski definition) is 1. The lowest BCUT2D eigenvalue weighted by atomic mass is 10.0. The highest BCUT2D eigenvalue weighted by Crippen LogP contribution is 2.09. The van der Waals surface area contributed by atoms with Crippen LogP contribution in [0.3, 0.4) is 0 Å². The first-order chi connectivity index (χ1) is 6.82. The first-order valence-electron chi connectivity index (χ1n) is 5.08. The lowest BCUT2D eigenvalue weighted by molar-refractivity contribution is -0.138. The fourth-order valence-electron chi connectivity index (χ4n) is 1.33. The van der Waals surface area contributed by atoms with Gasteiger partial charge in [-0.1, -0.05) is 13.8 Å². The molecule has 0 aliphatic heterocycles. The molecule has 0 aromatic heterocycles. The Morgan fingerprint density at radius 3 is 2.13 bits per heavy atom. The summed E-state index contributed by atoms with van der Waals surface area (Å²) in [7, 11) is 0. The molecule has 0 aromatic carbocycles. The Hall–Kier alpha value is -1.19. The van der Waals surface area contributed by atoms with E-state index in [0.29, 0.717) is 12.1 Å². The van der Waals surface area contributed by atoms with Crippen molar-refractivity contribution < 1.29 is 14.7 Å².